The van der Waals surface area contributed by atoms with Crippen molar-refractivity contribution in [1.29, 1.82) is 0 Å². The standard InChI is InChI=1S/C11H23N3O/c1-9(2)6-11(15)13-7-10-8-14(3)5-4-12-10/h9-10,12H,4-8H2,1-3H3,(H,13,15). The van der Waals surface area contributed by atoms with Crippen LogP contribution in [0, 0.1) is 5.92 Å². The molecule has 0 aliphatic carbocycles. The van der Waals surface area contributed by atoms with Gasteiger partial charge in [-0.15, -0.1) is 0 Å². The lowest BCUT2D eigenvalue weighted by molar-refractivity contribution is -0.121. The number of nitrogens with one attached hydrogen (secondary N) is 2. The second-order valence-corrected chi connectivity index (χ2v) is 4.82. The molecule has 1 amide bonds. The predicted molar refractivity (Wildman–Crippen MR) is 61.8 cm³/mol. The lowest BCUT2D eigenvalue weighted by atomic mass is 10.1. The minimum Gasteiger partial charge on any atom is -0.354 e. The Kier molecular flexibility index (Phi) is 5.05. The van der Waals surface area contributed by atoms with E-state index in [0.717, 1.165) is 26.2 Å². The fourth-order valence-corrected chi connectivity index (χ4v) is 1.81. The van der Waals surface area contributed by atoms with Gasteiger partial charge in [0.1, 0.15) is 0 Å². The van der Waals surface area contributed by atoms with Gasteiger partial charge in [-0.05, 0) is 13.0 Å². The zero-order chi connectivity index (χ0) is 11.3. The first kappa shape index (κ1) is 12.5. The summed E-state index contributed by atoms with van der Waals surface area (Å²) in [6, 6.07) is 0.403. The lowest BCUT2D eigenvalue weighted by Gasteiger charge is -2.31. The highest BCUT2D eigenvalue weighted by Gasteiger charge is 2.16. The van der Waals surface area contributed by atoms with Crippen LogP contribution < -0.4 is 10.6 Å². The number of carbonyl (C=O) groups is 1. The van der Waals surface area contributed by atoms with Crippen molar-refractivity contribution in [2.45, 2.75) is 26.3 Å². The van der Waals surface area contributed by atoms with Gasteiger partial charge in [-0.25, -0.2) is 0 Å². The van der Waals surface area contributed by atoms with Gasteiger partial charge < -0.3 is 15.5 Å². The molecule has 15 heavy (non-hydrogen) atoms. The first-order valence-electron chi connectivity index (χ1n) is 5.76. The number of hydrogen-bond donors (Lipinski definition) is 2. The molecule has 0 spiro atoms. The van der Waals surface area contributed by atoms with Crippen molar-refractivity contribution in [1.82, 2.24) is 15.5 Å². The second kappa shape index (κ2) is 6.08. The van der Waals surface area contributed by atoms with Gasteiger partial charge in [-0.1, -0.05) is 13.8 Å². The van der Waals surface area contributed by atoms with Crippen molar-refractivity contribution in [3.63, 3.8) is 0 Å². The highest BCUT2D eigenvalue weighted by atomic mass is 16.1. The summed E-state index contributed by atoms with van der Waals surface area (Å²) in [5, 5.41) is 6.38. The number of piperazine rings is 1. The molecule has 0 bridgehead atoms. The molecule has 1 heterocycles. The average molecular weight is 213 g/mol. The van der Waals surface area contributed by atoms with Crippen LogP contribution in [0.5, 0.6) is 0 Å². The van der Waals surface area contributed by atoms with Crippen molar-refractivity contribution in [2.24, 2.45) is 5.92 Å². The van der Waals surface area contributed by atoms with E-state index in [1.807, 2.05) is 0 Å². The Labute approximate surface area is 92.4 Å². The van der Waals surface area contributed by atoms with Crippen LogP contribution in [0.2, 0.25) is 0 Å². The Morgan fingerprint density at radius 2 is 2.33 bits per heavy atom. The van der Waals surface area contributed by atoms with E-state index in [1.165, 1.54) is 0 Å². The van der Waals surface area contributed by atoms with Gasteiger partial charge >= 0.3 is 0 Å². The third-order valence-electron chi connectivity index (χ3n) is 2.60. The minimum absolute atomic E-state index is 0.167. The normalized spacial score (nSPS) is 23.1. The van der Waals surface area contributed by atoms with Crippen LogP contribution in [-0.4, -0.2) is 50.1 Å². The number of hydrogen-bond acceptors (Lipinski definition) is 3. The van der Waals surface area contributed by atoms with Gasteiger partial charge in [0, 0.05) is 38.6 Å². The van der Waals surface area contributed by atoms with Crippen molar-refractivity contribution in [3.05, 3.63) is 0 Å². The van der Waals surface area contributed by atoms with Gasteiger partial charge in [0.25, 0.3) is 0 Å². The summed E-state index contributed by atoms with van der Waals surface area (Å²) in [5.41, 5.74) is 0. The maximum atomic E-state index is 11.4. The number of rotatable bonds is 4. The van der Waals surface area contributed by atoms with Crippen molar-refractivity contribution < 1.29 is 4.79 Å². The van der Waals surface area contributed by atoms with Crippen molar-refractivity contribution in [3.8, 4) is 0 Å². The Bertz CT molecular complexity index is 206. The first-order valence-corrected chi connectivity index (χ1v) is 5.76. The summed E-state index contributed by atoms with van der Waals surface area (Å²) < 4.78 is 0. The van der Waals surface area contributed by atoms with Crippen LogP contribution in [0.1, 0.15) is 20.3 Å². The highest BCUT2D eigenvalue weighted by molar-refractivity contribution is 5.76. The van der Waals surface area contributed by atoms with E-state index >= 15 is 0 Å². The van der Waals surface area contributed by atoms with Gasteiger partial charge in [-0.2, -0.15) is 0 Å². The van der Waals surface area contributed by atoms with Gasteiger partial charge in [0.05, 0.1) is 0 Å². The Hall–Kier alpha value is -0.610. The monoisotopic (exact) mass is 213 g/mol. The summed E-state index contributed by atoms with van der Waals surface area (Å²) in [5.74, 6) is 0.604. The van der Waals surface area contributed by atoms with E-state index in [0.29, 0.717) is 18.4 Å². The van der Waals surface area contributed by atoms with Crippen LogP contribution in [0.25, 0.3) is 0 Å². The van der Waals surface area contributed by atoms with E-state index < -0.39 is 0 Å². The summed E-state index contributed by atoms with van der Waals surface area (Å²) in [4.78, 5) is 13.7. The fraction of sp³-hybridized carbons (Fsp3) is 0.909. The Balaban J connectivity index is 2.16. The number of carbonyl (C=O) groups excluding carboxylic acids is 1. The molecule has 1 saturated heterocycles. The zero-order valence-corrected chi connectivity index (χ0v) is 10.0. The SMILES string of the molecule is CC(C)CC(=O)NCC1CN(C)CCN1. The molecule has 4 nitrogen and oxygen atoms in total. The third-order valence-corrected chi connectivity index (χ3v) is 2.60. The van der Waals surface area contributed by atoms with Crippen LogP contribution in [0.4, 0.5) is 0 Å². The van der Waals surface area contributed by atoms with Crippen LogP contribution >= 0.6 is 0 Å². The number of amides is 1. The molecule has 2 N–H and O–H groups in total. The largest absolute Gasteiger partial charge is 0.354 e. The molecule has 1 atom stereocenters. The maximum absolute atomic E-state index is 11.4. The second-order valence-electron chi connectivity index (χ2n) is 4.82. The molecule has 0 aromatic carbocycles. The van der Waals surface area contributed by atoms with E-state index in [-0.39, 0.29) is 5.91 Å². The molecule has 0 radical (unpaired) electrons. The minimum atomic E-state index is 0.167. The van der Waals surface area contributed by atoms with Gasteiger partial charge in [-0.3, -0.25) is 4.79 Å². The fourth-order valence-electron chi connectivity index (χ4n) is 1.81. The van der Waals surface area contributed by atoms with Crippen LogP contribution in [0.15, 0.2) is 0 Å². The molecule has 1 fully saturated rings. The average Bonchev–Trinajstić information content (AvgIpc) is 2.14. The van der Waals surface area contributed by atoms with Gasteiger partial charge in [0.2, 0.25) is 5.91 Å². The quantitative estimate of drug-likeness (QED) is 0.694. The molecule has 88 valence electrons. The third kappa shape index (κ3) is 5.14. The van der Waals surface area contributed by atoms with E-state index in [1.54, 1.807) is 0 Å². The van der Waals surface area contributed by atoms with Crippen molar-refractivity contribution in [2.75, 3.05) is 33.2 Å². The van der Waals surface area contributed by atoms with Gasteiger partial charge in [0.15, 0.2) is 0 Å². The predicted octanol–water partition coefficient (Wildman–Crippen LogP) is 0.0523. The smallest absolute Gasteiger partial charge is 0.220 e. The molecular formula is C11H23N3O. The molecule has 0 aromatic rings. The van der Waals surface area contributed by atoms with E-state index in [2.05, 4.69) is 36.4 Å². The Morgan fingerprint density at radius 1 is 1.60 bits per heavy atom. The van der Waals surface area contributed by atoms with Crippen molar-refractivity contribution >= 4 is 5.91 Å². The molecule has 0 saturated carbocycles. The lowest BCUT2D eigenvalue weighted by Crippen LogP contribution is -2.53. The van der Waals surface area contributed by atoms with Crippen LogP contribution in [0.3, 0.4) is 0 Å². The topological polar surface area (TPSA) is 44.4 Å². The molecule has 1 aliphatic heterocycles. The summed E-state index contributed by atoms with van der Waals surface area (Å²) in [6.45, 7) is 7.99. The number of nitrogens with zero attached hydrogens (tertiary/aromatic N) is 1. The summed E-state index contributed by atoms with van der Waals surface area (Å²) in [6.07, 6.45) is 0.628. The zero-order valence-electron chi connectivity index (χ0n) is 10.0. The molecule has 1 unspecified atom stereocenters. The van der Waals surface area contributed by atoms with E-state index in [9.17, 15) is 4.79 Å². The molecule has 0 aromatic heterocycles. The molecule has 4 heteroatoms. The summed E-state index contributed by atoms with van der Waals surface area (Å²) in [7, 11) is 2.11. The highest BCUT2D eigenvalue weighted by Crippen LogP contribution is 1.99. The van der Waals surface area contributed by atoms with E-state index in [4.69, 9.17) is 0 Å². The van der Waals surface area contributed by atoms with Crippen LogP contribution in [-0.2, 0) is 4.79 Å². The molecular weight excluding hydrogens is 190 g/mol. The summed E-state index contributed by atoms with van der Waals surface area (Å²) >= 11 is 0. The first-order chi connectivity index (χ1) is 7.08. The number of likely N-dealkylation sites (N-methyl/N-ethyl adjacent to an activating group) is 1. The Morgan fingerprint density at radius 3 is 2.93 bits per heavy atom. The molecule has 1 aliphatic rings. The maximum Gasteiger partial charge on any atom is 0.220 e. The molecule has 1 rings (SSSR count).